The van der Waals surface area contributed by atoms with E-state index < -0.39 is 0 Å². The summed E-state index contributed by atoms with van der Waals surface area (Å²) < 4.78 is 1.92. The van der Waals surface area contributed by atoms with E-state index in [-0.39, 0.29) is 0 Å². The molecular formula is C18H16N2S. The lowest BCUT2D eigenvalue weighted by molar-refractivity contribution is 0.884. The van der Waals surface area contributed by atoms with Crippen molar-refractivity contribution in [2.75, 3.05) is 5.75 Å². The average Bonchev–Trinajstić information content (AvgIpc) is 2.99. The van der Waals surface area contributed by atoms with Crippen LogP contribution >= 0.6 is 12.6 Å². The molecule has 0 radical (unpaired) electrons. The fraction of sp³-hybridized carbons (Fsp3) is 0.0556. The molecule has 0 unspecified atom stereocenters. The van der Waals surface area contributed by atoms with Gasteiger partial charge in [0, 0.05) is 23.1 Å². The smallest absolute Gasteiger partial charge is 0.0999 e. The highest BCUT2D eigenvalue weighted by atomic mass is 32.1. The zero-order chi connectivity index (χ0) is 14.5. The summed E-state index contributed by atoms with van der Waals surface area (Å²) in [7, 11) is 0. The van der Waals surface area contributed by atoms with E-state index >= 15 is 0 Å². The molecule has 0 amide bonds. The molecule has 3 rings (SSSR count). The summed E-state index contributed by atoms with van der Waals surface area (Å²) in [5.74, 6) is 0.713. The van der Waals surface area contributed by atoms with Gasteiger partial charge in [-0.3, -0.25) is 0 Å². The number of hydrogen-bond acceptors (Lipinski definition) is 2. The Morgan fingerprint density at radius 2 is 1.62 bits per heavy atom. The van der Waals surface area contributed by atoms with E-state index in [4.69, 9.17) is 5.10 Å². The maximum atomic E-state index is 4.74. The van der Waals surface area contributed by atoms with Crippen molar-refractivity contribution in [1.82, 2.24) is 9.78 Å². The lowest BCUT2D eigenvalue weighted by Gasteiger charge is -2.00. The van der Waals surface area contributed by atoms with Crippen molar-refractivity contribution < 1.29 is 0 Å². The summed E-state index contributed by atoms with van der Waals surface area (Å²) in [4.78, 5) is 0. The van der Waals surface area contributed by atoms with Gasteiger partial charge in [-0.05, 0) is 12.1 Å². The van der Waals surface area contributed by atoms with Crippen molar-refractivity contribution in [3.05, 3.63) is 78.5 Å². The summed E-state index contributed by atoms with van der Waals surface area (Å²) in [5, 5.41) is 4.74. The number of rotatable bonds is 4. The standard InChI is InChI=1S/C18H16N2S/c21-13-7-10-16-14-20(17-11-5-2-6-12-17)19-18(16)15-8-3-1-4-9-15/h1-12,14,21H,13H2. The van der Waals surface area contributed by atoms with Gasteiger partial charge in [-0.1, -0.05) is 60.7 Å². The lowest BCUT2D eigenvalue weighted by Crippen LogP contribution is -1.93. The SMILES string of the molecule is SCC=Cc1cn(-c2ccccc2)nc1-c1ccccc1. The predicted octanol–water partition coefficient (Wildman–Crippen LogP) is 4.48. The molecular weight excluding hydrogens is 276 g/mol. The third kappa shape index (κ3) is 3.09. The molecule has 2 aromatic carbocycles. The van der Waals surface area contributed by atoms with Gasteiger partial charge >= 0.3 is 0 Å². The van der Waals surface area contributed by atoms with E-state index in [1.165, 1.54) is 0 Å². The Bertz CT molecular complexity index is 730. The minimum Gasteiger partial charge on any atom is -0.240 e. The Balaban J connectivity index is 2.10. The molecule has 1 heterocycles. The van der Waals surface area contributed by atoms with Crippen LogP contribution in [0, 0.1) is 0 Å². The number of para-hydroxylation sites is 1. The molecule has 2 nitrogen and oxygen atoms in total. The minimum absolute atomic E-state index is 0.713. The highest BCUT2D eigenvalue weighted by molar-refractivity contribution is 7.80. The Labute approximate surface area is 130 Å². The molecule has 0 bridgehead atoms. The molecule has 0 fully saturated rings. The maximum Gasteiger partial charge on any atom is 0.0999 e. The van der Waals surface area contributed by atoms with Crippen molar-refractivity contribution in [2.24, 2.45) is 0 Å². The zero-order valence-corrected chi connectivity index (χ0v) is 12.4. The van der Waals surface area contributed by atoms with Gasteiger partial charge in [0.05, 0.1) is 11.4 Å². The summed E-state index contributed by atoms with van der Waals surface area (Å²) >= 11 is 4.24. The second kappa shape index (κ2) is 6.46. The van der Waals surface area contributed by atoms with Crippen molar-refractivity contribution in [3.63, 3.8) is 0 Å². The van der Waals surface area contributed by atoms with Crippen LogP contribution in [-0.4, -0.2) is 15.5 Å². The lowest BCUT2D eigenvalue weighted by atomic mass is 10.1. The van der Waals surface area contributed by atoms with Crippen LogP contribution in [-0.2, 0) is 0 Å². The van der Waals surface area contributed by atoms with Crippen molar-refractivity contribution >= 4 is 18.7 Å². The second-order valence-electron chi connectivity index (χ2n) is 4.66. The van der Waals surface area contributed by atoms with Gasteiger partial charge in [0.2, 0.25) is 0 Å². The average molecular weight is 292 g/mol. The molecule has 0 atom stereocenters. The number of thiol groups is 1. The van der Waals surface area contributed by atoms with Gasteiger partial charge in [0.15, 0.2) is 0 Å². The third-order valence-corrected chi connectivity index (χ3v) is 3.42. The first-order valence-electron chi connectivity index (χ1n) is 6.86. The molecule has 21 heavy (non-hydrogen) atoms. The highest BCUT2D eigenvalue weighted by Crippen LogP contribution is 2.24. The zero-order valence-electron chi connectivity index (χ0n) is 11.6. The molecule has 0 aliphatic heterocycles. The normalized spacial score (nSPS) is 11.1. The number of hydrogen-bond donors (Lipinski definition) is 1. The third-order valence-electron chi connectivity index (χ3n) is 3.21. The molecule has 3 aromatic rings. The predicted molar refractivity (Wildman–Crippen MR) is 91.9 cm³/mol. The maximum absolute atomic E-state index is 4.74. The molecule has 1 aromatic heterocycles. The van der Waals surface area contributed by atoms with Crippen LogP contribution in [0.1, 0.15) is 5.56 Å². The minimum atomic E-state index is 0.713. The van der Waals surface area contributed by atoms with Crippen LogP contribution in [0.5, 0.6) is 0 Å². The van der Waals surface area contributed by atoms with Crippen LogP contribution in [0.15, 0.2) is 72.9 Å². The van der Waals surface area contributed by atoms with Gasteiger partial charge in [-0.25, -0.2) is 4.68 Å². The van der Waals surface area contributed by atoms with Gasteiger partial charge in [0.25, 0.3) is 0 Å². The summed E-state index contributed by atoms with van der Waals surface area (Å²) in [6.45, 7) is 0. The molecule has 0 saturated carbocycles. The molecule has 3 heteroatoms. The Morgan fingerprint density at radius 3 is 2.29 bits per heavy atom. The molecule has 0 spiro atoms. The molecule has 104 valence electrons. The van der Waals surface area contributed by atoms with Crippen molar-refractivity contribution in [3.8, 4) is 16.9 Å². The van der Waals surface area contributed by atoms with E-state index in [9.17, 15) is 0 Å². The summed E-state index contributed by atoms with van der Waals surface area (Å²) in [6, 6.07) is 20.4. The van der Waals surface area contributed by atoms with Gasteiger partial charge in [-0.2, -0.15) is 17.7 Å². The largest absolute Gasteiger partial charge is 0.240 e. The summed E-state index contributed by atoms with van der Waals surface area (Å²) in [5.41, 5.74) is 4.25. The summed E-state index contributed by atoms with van der Waals surface area (Å²) in [6.07, 6.45) is 6.15. The fourth-order valence-corrected chi connectivity index (χ4v) is 2.33. The van der Waals surface area contributed by atoms with Crippen molar-refractivity contribution in [1.29, 1.82) is 0 Å². The number of nitrogens with zero attached hydrogens (tertiary/aromatic N) is 2. The Hall–Kier alpha value is -2.26. The molecule has 0 aliphatic rings. The van der Waals surface area contributed by atoms with Gasteiger partial charge < -0.3 is 0 Å². The Morgan fingerprint density at radius 1 is 0.952 bits per heavy atom. The van der Waals surface area contributed by atoms with Crippen LogP contribution < -0.4 is 0 Å². The number of aromatic nitrogens is 2. The molecule has 0 aliphatic carbocycles. The fourth-order valence-electron chi connectivity index (χ4n) is 2.22. The topological polar surface area (TPSA) is 17.8 Å². The van der Waals surface area contributed by atoms with Crippen LogP contribution in [0.4, 0.5) is 0 Å². The van der Waals surface area contributed by atoms with E-state index in [0.29, 0.717) is 5.75 Å². The van der Waals surface area contributed by atoms with Crippen LogP contribution in [0.25, 0.3) is 23.0 Å². The van der Waals surface area contributed by atoms with Crippen molar-refractivity contribution in [2.45, 2.75) is 0 Å². The molecule has 0 saturated heterocycles. The first-order valence-corrected chi connectivity index (χ1v) is 7.49. The van der Waals surface area contributed by atoms with Crippen LogP contribution in [0.2, 0.25) is 0 Å². The van der Waals surface area contributed by atoms with E-state index in [1.807, 2.05) is 59.3 Å². The number of benzene rings is 2. The quantitative estimate of drug-likeness (QED) is 0.702. The van der Waals surface area contributed by atoms with E-state index in [0.717, 1.165) is 22.5 Å². The van der Waals surface area contributed by atoms with Gasteiger partial charge in [0.1, 0.15) is 0 Å². The van der Waals surface area contributed by atoms with Crippen LogP contribution in [0.3, 0.4) is 0 Å². The monoisotopic (exact) mass is 292 g/mol. The first-order chi connectivity index (χ1) is 10.4. The Kier molecular flexibility index (Phi) is 4.22. The second-order valence-corrected chi connectivity index (χ2v) is 5.03. The first kappa shape index (κ1) is 13.7. The molecule has 0 N–H and O–H groups in total. The highest BCUT2D eigenvalue weighted by Gasteiger charge is 2.09. The van der Waals surface area contributed by atoms with E-state index in [2.05, 4.69) is 37.0 Å². The van der Waals surface area contributed by atoms with Gasteiger partial charge in [-0.15, -0.1) is 0 Å². The van der Waals surface area contributed by atoms with E-state index in [1.54, 1.807) is 0 Å².